The zero-order chi connectivity index (χ0) is 12.4. The predicted octanol–water partition coefficient (Wildman–Crippen LogP) is 3.55. The lowest BCUT2D eigenvalue weighted by Gasteiger charge is -2.05. The standard InChI is InChI=1S/C12H10BrNO2S/c1-16-12(15)10-8(6-17-11(10)14)7-4-2-3-5-9(7)13/h2-6H,14H2,1H3. The van der Waals surface area contributed by atoms with Crippen LogP contribution in [-0.4, -0.2) is 13.1 Å². The van der Waals surface area contributed by atoms with Crippen LogP contribution in [-0.2, 0) is 4.74 Å². The second-order valence-corrected chi connectivity index (χ2v) is 5.13. The lowest BCUT2D eigenvalue weighted by atomic mass is 10.0. The molecular weight excluding hydrogens is 302 g/mol. The number of rotatable bonds is 2. The highest BCUT2D eigenvalue weighted by Gasteiger charge is 2.20. The van der Waals surface area contributed by atoms with Gasteiger partial charge in [-0.3, -0.25) is 0 Å². The highest BCUT2D eigenvalue weighted by atomic mass is 79.9. The van der Waals surface area contributed by atoms with Gasteiger partial charge in [0.15, 0.2) is 0 Å². The summed E-state index contributed by atoms with van der Waals surface area (Å²) in [6.07, 6.45) is 0. The maximum atomic E-state index is 11.7. The number of methoxy groups -OCH3 is 1. The van der Waals surface area contributed by atoms with Gasteiger partial charge in [-0.1, -0.05) is 34.1 Å². The number of anilines is 1. The summed E-state index contributed by atoms with van der Waals surface area (Å²) in [5.41, 5.74) is 7.97. The Labute approximate surface area is 111 Å². The van der Waals surface area contributed by atoms with E-state index in [0.29, 0.717) is 10.6 Å². The zero-order valence-electron chi connectivity index (χ0n) is 9.07. The van der Waals surface area contributed by atoms with E-state index in [4.69, 9.17) is 10.5 Å². The highest BCUT2D eigenvalue weighted by molar-refractivity contribution is 9.10. The Morgan fingerprint density at radius 1 is 1.35 bits per heavy atom. The van der Waals surface area contributed by atoms with E-state index in [1.165, 1.54) is 18.4 Å². The average molecular weight is 312 g/mol. The fraction of sp³-hybridized carbons (Fsp3) is 0.0833. The van der Waals surface area contributed by atoms with E-state index in [1.807, 2.05) is 29.6 Å². The van der Waals surface area contributed by atoms with E-state index in [1.54, 1.807) is 0 Å². The molecule has 0 saturated carbocycles. The fourth-order valence-electron chi connectivity index (χ4n) is 1.56. The molecule has 0 bridgehead atoms. The van der Waals surface area contributed by atoms with Crippen molar-refractivity contribution >= 4 is 38.2 Å². The van der Waals surface area contributed by atoms with Crippen LogP contribution in [0.4, 0.5) is 5.00 Å². The Morgan fingerprint density at radius 2 is 2.06 bits per heavy atom. The first-order valence-corrected chi connectivity index (χ1v) is 6.52. The molecule has 3 nitrogen and oxygen atoms in total. The molecule has 0 saturated heterocycles. The third-order valence-corrected chi connectivity index (χ3v) is 3.88. The minimum absolute atomic E-state index is 0.408. The number of hydrogen-bond donors (Lipinski definition) is 1. The molecule has 0 spiro atoms. The molecule has 2 N–H and O–H groups in total. The van der Waals surface area contributed by atoms with E-state index in [-0.39, 0.29) is 0 Å². The Hall–Kier alpha value is -1.33. The van der Waals surface area contributed by atoms with E-state index in [0.717, 1.165) is 15.6 Å². The molecule has 0 radical (unpaired) electrons. The molecule has 1 heterocycles. The lowest BCUT2D eigenvalue weighted by Crippen LogP contribution is -2.04. The summed E-state index contributed by atoms with van der Waals surface area (Å²) in [5.74, 6) is -0.408. The number of ether oxygens (including phenoxy) is 1. The Balaban J connectivity index is 2.61. The maximum absolute atomic E-state index is 11.7. The van der Waals surface area contributed by atoms with Crippen molar-refractivity contribution in [1.29, 1.82) is 0 Å². The summed E-state index contributed by atoms with van der Waals surface area (Å²) in [7, 11) is 1.35. The first-order chi connectivity index (χ1) is 8.15. The molecule has 0 aliphatic carbocycles. The van der Waals surface area contributed by atoms with Crippen LogP contribution in [0.15, 0.2) is 34.1 Å². The van der Waals surface area contributed by atoms with Crippen LogP contribution in [0.25, 0.3) is 11.1 Å². The molecule has 1 aromatic carbocycles. The summed E-state index contributed by atoms with van der Waals surface area (Å²) in [6.45, 7) is 0. The number of hydrogen-bond acceptors (Lipinski definition) is 4. The van der Waals surface area contributed by atoms with Gasteiger partial charge in [-0.25, -0.2) is 4.79 Å². The number of nitrogens with two attached hydrogens (primary N) is 1. The molecule has 1 aromatic heterocycles. The van der Waals surface area contributed by atoms with Crippen molar-refractivity contribution in [3.63, 3.8) is 0 Å². The van der Waals surface area contributed by atoms with Gasteiger partial charge >= 0.3 is 5.97 Å². The molecule has 17 heavy (non-hydrogen) atoms. The molecule has 5 heteroatoms. The van der Waals surface area contributed by atoms with E-state index >= 15 is 0 Å². The first-order valence-electron chi connectivity index (χ1n) is 4.85. The van der Waals surface area contributed by atoms with Crippen LogP contribution in [0.3, 0.4) is 0 Å². The summed E-state index contributed by atoms with van der Waals surface area (Å²) in [5, 5.41) is 2.34. The number of nitrogen functional groups attached to an aromatic ring is 1. The minimum Gasteiger partial charge on any atom is -0.465 e. The minimum atomic E-state index is -0.408. The van der Waals surface area contributed by atoms with Gasteiger partial charge in [-0.2, -0.15) is 0 Å². The van der Waals surface area contributed by atoms with Crippen LogP contribution in [0, 0.1) is 0 Å². The third kappa shape index (κ3) is 2.21. The molecule has 88 valence electrons. The summed E-state index contributed by atoms with van der Waals surface area (Å²) in [6, 6.07) is 7.68. The van der Waals surface area contributed by atoms with Crippen molar-refractivity contribution in [3.05, 3.63) is 39.7 Å². The monoisotopic (exact) mass is 311 g/mol. The molecule has 0 atom stereocenters. The number of thiophene rings is 1. The molecule has 2 aromatic rings. The molecule has 0 amide bonds. The molecule has 0 fully saturated rings. The van der Waals surface area contributed by atoms with Gasteiger partial charge in [0.2, 0.25) is 0 Å². The number of esters is 1. The number of benzene rings is 1. The third-order valence-electron chi connectivity index (χ3n) is 2.37. The van der Waals surface area contributed by atoms with Crippen LogP contribution in [0.1, 0.15) is 10.4 Å². The number of carbonyl (C=O) groups is 1. The van der Waals surface area contributed by atoms with Gasteiger partial charge in [0.05, 0.1) is 7.11 Å². The van der Waals surface area contributed by atoms with Crippen molar-refractivity contribution in [1.82, 2.24) is 0 Å². The largest absolute Gasteiger partial charge is 0.465 e. The van der Waals surface area contributed by atoms with Crippen LogP contribution < -0.4 is 5.73 Å². The van der Waals surface area contributed by atoms with Crippen molar-refractivity contribution < 1.29 is 9.53 Å². The molecule has 0 aliphatic rings. The van der Waals surface area contributed by atoms with Crippen LogP contribution >= 0.6 is 27.3 Å². The Kier molecular flexibility index (Phi) is 3.49. The highest BCUT2D eigenvalue weighted by Crippen LogP contribution is 2.37. The second-order valence-electron chi connectivity index (χ2n) is 3.36. The van der Waals surface area contributed by atoms with Crippen molar-refractivity contribution in [3.8, 4) is 11.1 Å². The predicted molar refractivity (Wildman–Crippen MR) is 73.2 cm³/mol. The topological polar surface area (TPSA) is 52.3 Å². The summed E-state index contributed by atoms with van der Waals surface area (Å²) >= 11 is 4.79. The molecule has 0 unspecified atom stereocenters. The number of halogens is 1. The van der Waals surface area contributed by atoms with Crippen molar-refractivity contribution in [2.45, 2.75) is 0 Å². The smallest absolute Gasteiger partial charge is 0.341 e. The Bertz CT molecular complexity index is 565. The van der Waals surface area contributed by atoms with Crippen LogP contribution in [0.5, 0.6) is 0 Å². The van der Waals surface area contributed by atoms with Gasteiger partial charge in [0.25, 0.3) is 0 Å². The van der Waals surface area contributed by atoms with Gasteiger partial charge in [0, 0.05) is 15.4 Å². The quantitative estimate of drug-likeness (QED) is 0.863. The van der Waals surface area contributed by atoms with E-state index < -0.39 is 5.97 Å². The van der Waals surface area contributed by atoms with Gasteiger partial charge in [0.1, 0.15) is 10.6 Å². The fourth-order valence-corrected chi connectivity index (χ4v) is 2.86. The zero-order valence-corrected chi connectivity index (χ0v) is 11.5. The van der Waals surface area contributed by atoms with Gasteiger partial charge < -0.3 is 10.5 Å². The lowest BCUT2D eigenvalue weighted by molar-refractivity contribution is 0.0603. The molecular formula is C12H10BrNO2S. The van der Waals surface area contributed by atoms with E-state index in [9.17, 15) is 4.79 Å². The SMILES string of the molecule is COC(=O)c1c(-c2ccccc2Br)csc1N. The maximum Gasteiger partial charge on any atom is 0.341 e. The van der Waals surface area contributed by atoms with Crippen LogP contribution in [0.2, 0.25) is 0 Å². The van der Waals surface area contributed by atoms with E-state index in [2.05, 4.69) is 15.9 Å². The van der Waals surface area contributed by atoms with Gasteiger partial charge in [-0.15, -0.1) is 11.3 Å². The van der Waals surface area contributed by atoms with Gasteiger partial charge in [-0.05, 0) is 11.6 Å². The van der Waals surface area contributed by atoms with Crippen molar-refractivity contribution in [2.24, 2.45) is 0 Å². The average Bonchev–Trinajstić information content (AvgIpc) is 2.71. The second kappa shape index (κ2) is 4.89. The normalized spacial score (nSPS) is 10.2. The number of carbonyl (C=O) groups excluding carboxylic acids is 1. The van der Waals surface area contributed by atoms with Crippen molar-refractivity contribution in [2.75, 3.05) is 12.8 Å². The summed E-state index contributed by atoms with van der Waals surface area (Å²) < 4.78 is 5.67. The first kappa shape index (κ1) is 12.1. The summed E-state index contributed by atoms with van der Waals surface area (Å²) in [4.78, 5) is 11.7. The molecule has 2 rings (SSSR count). The Morgan fingerprint density at radius 3 is 2.71 bits per heavy atom. The molecule has 0 aliphatic heterocycles.